The fraction of sp³-hybridized carbons (Fsp3) is 0.538. The van der Waals surface area contributed by atoms with Crippen LogP contribution in [0.25, 0.3) is 0 Å². The Labute approximate surface area is 186 Å². The average molecular weight is 425 g/mol. The summed E-state index contributed by atoms with van der Waals surface area (Å²) in [6.07, 6.45) is 2.40. The van der Waals surface area contributed by atoms with Crippen LogP contribution in [-0.2, 0) is 0 Å². The number of rotatable bonds is 8. The molecule has 5 nitrogen and oxygen atoms in total. The number of likely N-dealkylation sites (tertiary alicyclic amines) is 1. The minimum Gasteiger partial charge on any atom is -0.493 e. The zero-order valence-electron chi connectivity index (χ0n) is 19.3. The van der Waals surface area contributed by atoms with E-state index in [0.717, 1.165) is 36.3 Å². The maximum atomic E-state index is 6.29. The van der Waals surface area contributed by atoms with Crippen LogP contribution in [0.3, 0.4) is 0 Å². The van der Waals surface area contributed by atoms with Gasteiger partial charge < -0.3 is 24.0 Å². The first-order valence-electron chi connectivity index (χ1n) is 11.6. The number of hydrogen-bond acceptors (Lipinski definition) is 5. The number of benzene rings is 2. The molecule has 4 rings (SSSR count). The van der Waals surface area contributed by atoms with E-state index in [-0.39, 0.29) is 6.79 Å². The van der Waals surface area contributed by atoms with E-state index in [9.17, 15) is 0 Å². The van der Waals surface area contributed by atoms with E-state index in [0.29, 0.717) is 18.4 Å². The Balaban J connectivity index is 1.47. The molecule has 2 aromatic carbocycles. The molecule has 1 fully saturated rings. The van der Waals surface area contributed by atoms with Crippen LogP contribution in [0.2, 0.25) is 0 Å². The predicted molar refractivity (Wildman–Crippen MR) is 126 cm³/mol. The van der Waals surface area contributed by atoms with Gasteiger partial charge in [0, 0.05) is 44.9 Å². The van der Waals surface area contributed by atoms with Crippen molar-refractivity contribution in [3.63, 3.8) is 0 Å². The van der Waals surface area contributed by atoms with Gasteiger partial charge in [-0.15, -0.1) is 0 Å². The van der Waals surface area contributed by atoms with Crippen LogP contribution in [-0.4, -0.2) is 52.0 Å². The third-order valence-corrected chi connectivity index (χ3v) is 6.73. The molecule has 31 heavy (non-hydrogen) atoms. The van der Waals surface area contributed by atoms with Gasteiger partial charge in [0.15, 0.2) is 11.5 Å². The van der Waals surface area contributed by atoms with Crippen molar-refractivity contribution in [1.29, 1.82) is 0 Å². The summed E-state index contributed by atoms with van der Waals surface area (Å²) in [5, 5.41) is 0. The molecule has 0 spiro atoms. The van der Waals surface area contributed by atoms with E-state index in [2.05, 4.69) is 62.0 Å². The smallest absolute Gasteiger partial charge is 0.231 e. The van der Waals surface area contributed by atoms with E-state index < -0.39 is 0 Å². The van der Waals surface area contributed by atoms with Gasteiger partial charge in [0.25, 0.3) is 0 Å². The molecule has 0 aliphatic carbocycles. The van der Waals surface area contributed by atoms with Crippen molar-refractivity contribution in [2.24, 2.45) is 11.8 Å². The van der Waals surface area contributed by atoms with Crippen molar-refractivity contribution in [2.45, 2.75) is 32.6 Å². The molecular formula is C26H36N2O3. The highest BCUT2D eigenvalue weighted by Crippen LogP contribution is 2.37. The topological polar surface area (TPSA) is 34.2 Å². The molecule has 2 aliphatic heterocycles. The number of nitrogens with zero attached hydrogens (tertiary/aromatic N) is 2. The summed E-state index contributed by atoms with van der Waals surface area (Å²) in [5.74, 6) is 4.11. The van der Waals surface area contributed by atoms with Gasteiger partial charge in [-0.25, -0.2) is 0 Å². The van der Waals surface area contributed by atoms with E-state index >= 15 is 0 Å². The molecule has 2 heterocycles. The second-order valence-electron chi connectivity index (χ2n) is 9.24. The number of anilines is 1. The minimum absolute atomic E-state index is 0.289. The van der Waals surface area contributed by atoms with Crippen LogP contribution < -0.4 is 19.1 Å². The third-order valence-electron chi connectivity index (χ3n) is 6.73. The van der Waals surface area contributed by atoms with Gasteiger partial charge in [0.1, 0.15) is 5.75 Å². The first-order chi connectivity index (χ1) is 15.0. The maximum Gasteiger partial charge on any atom is 0.231 e. The van der Waals surface area contributed by atoms with Crippen LogP contribution in [0, 0.1) is 11.8 Å². The molecule has 2 aromatic rings. The fourth-order valence-corrected chi connectivity index (χ4v) is 4.64. The first kappa shape index (κ1) is 21.8. The lowest BCUT2D eigenvalue weighted by Crippen LogP contribution is -2.43. The molecule has 1 saturated heterocycles. The Morgan fingerprint density at radius 1 is 1.10 bits per heavy atom. The molecule has 0 amide bonds. The highest BCUT2D eigenvalue weighted by atomic mass is 16.7. The summed E-state index contributed by atoms with van der Waals surface area (Å²) in [7, 11) is 4.18. The fourth-order valence-electron chi connectivity index (χ4n) is 4.64. The Bertz CT molecular complexity index is 852. The number of piperidine rings is 1. The predicted octanol–water partition coefficient (Wildman–Crippen LogP) is 5.01. The van der Waals surface area contributed by atoms with Gasteiger partial charge >= 0.3 is 0 Å². The summed E-state index contributed by atoms with van der Waals surface area (Å²) in [4.78, 5) is 4.78. The molecule has 0 aromatic heterocycles. The maximum absolute atomic E-state index is 6.29. The van der Waals surface area contributed by atoms with Gasteiger partial charge in [0.05, 0.1) is 6.61 Å². The SMILES string of the molecule is CCC(C)CN1CC[C@H](c2ccc(N(C)C)cc2)[C@@H](COc2ccc3c(c2)OCO3)C1. The van der Waals surface area contributed by atoms with E-state index in [4.69, 9.17) is 14.2 Å². The first-order valence-corrected chi connectivity index (χ1v) is 11.6. The largest absolute Gasteiger partial charge is 0.493 e. The van der Waals surface area contributed by atoms with Crippen LogP contribution in [0.15, 0.2) is 42.5 Å². The molecule has 1 unspecified atom stereocenters. The van der Waals surface area contributed by atoms with E-state index in [1.54, 1.807) is 0 Å². The molecule has 2 aliphatic rings. The highest BCUT2D eigenvalue weighted by Gasteiger charge is 2.31. The minimum atomic E-state index is 0.289. The van der Waals surface area contributed by atoms with Gasteiger partial charge in [-0.3, -0.25) is 0 Å². The van der Waals surface area contributed by atoms with Crippen molar-refractivity contribution in [3.05, 3.63) is 48.0 Å². The molecule has 0 radical (unpaired) electrons. The normalized spacial score (nSPS) is 21.7. The quantitative estimate of drug-likeness (QED) is 0.595. The molecule has 0 bridgehead atoms. The number of fused-ring (bicyclic) bond motifs is 1. The van der Waals surface area contributed by atoms with Crippen molar-refractivity contribution in [1.82, 2.24) is 4.90 Å². The second kappa shape index (κ2) is 9.82. The highest BCUT2D eigenvalue weighted by molar-refractivity contribution is 5.47. The third kappa shape index (κ3) is 5.27. The van der Waals surface area contributed by atoms with E-state index in [1.807, 2.05) is 18.2 Å². The molecule has 0 N–H and O–H groups in total. The Kier molecular flexibility index (Phi) is 6.91. The monoisotopic (exact) mass is 424 g/mol. The molecular weight excluding hydrogens is 388 g/mol. The van der Waals surface area contributed by atoms with Gasteiger partial charge in [-0.2, -0.15) is 0 Å². The molecule has 168 valence electrons. The van der Waals surface area contributed by atoms with Crippen molar-refractivity contribution in [2.75, 3.05) is 52.0 Å². The molecule has 3 atom stereocenters. The van der Waals surface area contributed by atoms with E-state index in [1.165, 1.54) is 30.6 Å². The summed E-state index contributed by atoms with van der Waals surface area (Å²) in [6.45, 7) is 9.03. The van der Waals surface area contributed by atoms with Gasteiger partial charge in [0.2, 0.25) is 6.79 Å². The number of hydrogen-bond donors (Lipinski definition) is 0. The summed E-state index contributed by atoms with van der Waals surface area (Å²) in [5.41, 5.74) is 2.67. The lowest BCUT2D eigenvalue weighted by atomic mass is 9.80. The number of ether oxygens (including phenoxy) is 3. The lowest BCUT2D eigenvalue weighted by molar-refractivity contribution is 0.0998. The van der Waals surface area contributed by atoms with Crippen LogP contribution in [0.4, 0.5) is 5.69 Å². The lowest BCUT2D eigenvalue weighted by Gasteiger charge is -2.39. The van der Waals surface area contributed by atoms with Crippen molar-refractivity contribution in [3.8, 4) is 17.2 Å². The second-order valence-corrected chi connectivity index (χ2v) is 9.24. The standard InChI is InChI=1S/C26H36N2O3/c1-5-19(2)15-28-13-12-24(20-6-8-22(9-7-20)27(3)4)21(16-28)17-29-23-10-11-25-26(14-23)31-18-30-25/h6-11,14,19,21,24H,5,12-13,15-18H2,1-4H3/t19?,21-,24-/m1/s1. The molecule has 0 saturated carbocycles. The summed E-state index contributed by atoms with van der Waals surface area (Å²) < 4.78 is 17.2. The average Bonchev–Trinajstić information content (AvgIpc) is 3.25. The van der Waals surface area contributed by atoms with Crippen LogP contribution in [0.5, 0.6) is 17.2 Å². The zero-order valence-corrected chi connectivity index (χ0v) is 19.3. The van der Waals surface area contributed by atoms with Crippen LogP contribution in [0.1, 0.15) is 38.2 Å². The summed E-state index contributed by atoms with van der Waals surface area (Å²) in [6, 6.07) is 14.9. The van der Waals surface area contributed by atoms with Gasteiger partial charge in [-0.1, -0.05) is 32.4 Å². The van der Waals surface area contributed by atoms with Gasteiger partial charge in [-0.05, 0) is 54.6 Å². The van der Waals surface area contributed by atoms with Crippen LogP contribution >= 0.6 is 0 Å². The zero-order chi connectivity index (χ0) is 21.8. The van der Waals surface area contributed by atoms with Crippen molar-refractivity contribution < 1.29 is 14.2 Å². The Hall–Kier alpha value is -2.40. The Morgan fingerprint density at radius 3 is 2.61 bits per heavy atom. The Morgan fingerprint density at radius 2 is 1.87 bits per heavy atom. The molecule has 5 heteroatoms. The van der Waals surface area contributed by atoms with Crippen molar-refractivity contribution >= 4 is 5.69 Å². The summed E-state index contributed by atoms with van der Waals surface area (Å²) >= 11 is 0.